The second kappa shape index (κ2) is 7.14. The summed E-state index contributed by atoms with van der Waals surface area (Å²) in [5.41, 5.74) is 14.1. The average molecular weight is 336 g/mol. The highest BCUT2D eigenvalue weighted by atomic mass is 32.2. The summed E-state index contributed by atoms with van der Waals surface area (Å²) in [4.78, 5) is 20.4. The molecule has 0 saturated carbocycles. The van der Waals surface area contributed by atoms with E-state index in [4.69, 9.17) is 11.5 Å². The molecule has 24 heavy (non-hydrogen) atoms. The summed E-state index contributed by atoms with van der Waals surface area (Å²) in [6, 6.07) is 19.1. The molecule has 1 heterocycles. The molecular formula is C18H16N4OS. The molecule has 5 nitrogen and oxygen atoms in total. The van der Waals surface area contributed by atoms with Crippen LogP contribution in [0.25, 0.3) is 11.1 Å². The highest BCUT2D eigenvalue weighted by Crippen LogP contribution is 2.21. The van der Waals surface area contributed by atoms with Crippen LogP contribution in [0, 0.1) is 0 Å². The molecular weight excluding hydrogens is 320 g/mol. The third-order valence-corrected chi connectivity index (χ3v) is 4.24. The molecule has 0 radical (unpaired) electrons. The first-order valence-electron chi connectivity index (χ1n) is 7.33. The van der Waals surface area contributed by atoms with Gasteiger partial charge in [-0.1, -0.05) is 66.4 Å². The third kappa shape index (κ3) is 3.91. The fourth-order valence-electron chi connectivity index (χ4n) is 2.22. The lowest BCUT2D eigenvalue weighted by Crippen LogP contribution is -2.04. The van der Waals surface area contributed by atoms with Gasteiger partial charge in [-0.3, -0.25) is 4.79 Å². The smallest absolute Gasteiger partial charge is 0.191 e. The van der Waals surface area contributed by atoms with Gasteiger partial charge in [0, 0.05) is 11.6 Å². The van der Waals surface area contributed by atoms with E-state index in [1.165, 1.54) is 17.8 Å². The Morgan fingerprint density at radius 3 is 2.08 bits per heavy atom. The Balaban J connectivity index is 1.67. The molecule has 0 bridgehead atoms. The van der Waals surface area contributed by atoms with Crippen molar-refractivity contribution in [3.8, 4) is 11.1 Å². The van der Waals surface area contributed by atoms with Crippen LogP contribution in [0.2, 0.25) is 0 Å². The van der Waals surface area contributed by atoms with Crippen molar-refractivity contribution in [1.82, 2.24) is 9.97 Å². The van der Waals surface area contributed by atoms with E-state index >= 15 is 0 Å². The lowest BCUT2D eigenvalue weighted by molar-refractivity contribution is 0.102. The van der Waals surface area contributed by atoms with E-state index in [2.05, 4.69) is 9.97 Å². The molecule has 120 valence electrons. The number of ketones is 1. The van der Waals surface area contributed by atoms with Gasteiger partial charge < -0.3 is 11.5 Å². The van der Waals surface area contributed by atoms with Crippen molar-refractivity contribution in [2.45, 2.75) is 5.16 Å². The number of hydrogen-bond donors (Lipinski definition) is 2. The highest BCUT2D eigenvalue weighted by Gasteiger charge is 2.09. The van der Waals surface area contributed by atoms with Crippen LogP contribution in [-0.2, 0) is 0 Å². The van der Waals surface area contributed by atoms with Crippen LogP contribution in [0.5, 0.6) is 0 Å². The van der Waals surface area contributed by atoms with Gasteiger partial charge in [0.25, 0.3) is 0 Å². The fourth-order valence-corrected chi connectivity index (χ4v) is 2.99. The maximum absolute atomic E-state index is 12.3. The molecule has 0 unspecified atom stereocenters. The lowest BCUT2D eigenvalue weighted by atomic mass is 10.0. The Hall–Kier alpha value is -2.86. The number of carbonyl (C=O) groups excluding carboxylic acids is 1. The zero-order valence-electron chi connectivity index (χ0n) is 12.8. The molecule has 0 atom stereocenters. The number of nitrogen functional groups attached to an aromatic ring is 2. The Kier molecular flexibility index (Phi) is 4.77. The summed E-state index contributed by atoms with van der Waals surface area (Å²) in [5, 5.41) is 0.404. The summed E-state index contributed by atoms with van der Waals surface area (Å²) in [6.07, 6.45) is 0. The molecule has 4 N–H and O–H groups in total. The van der Waals surface area contributed by atoms with E-state index in [9.17, 15) is 4.79 Å². The van der Waals surface area contributed by atoms with Gasteiger partial charge in [0.15, 0.2) is 10.9 Å². The first kappa shape index (κ1) is 16.0. The predicted octanol–water partition coefficient (Wildman–Crippen LogP) is 3.28. The third-order valence-electron chi connectivity index (χ3n) is 3.39. The van der Waals surface area contributed by atoms with Gasteiger partial charge in [-0.15, -0.1) is 0 Å². The lowest BCUT2D eigenvalue weighted by Gasteiger charge is -2.05. The highest BCUT2D eigenvalue weighted by molar-refractivity contribution is 7.99. The quantitative estimate of drug-likeness (QED) is 0.422. The molecule has 0 saturated heterocycles. The van der Waals surface area contributed by atoms with Crippen LogP contribution in [0.3, 0.4) is 0 Å². The number of Topliss-reactive ketones (excluding diaryl/α,β-unsaturated/α-hetero) is 1. The largest absolute Gasteiger partial charge is 0.383 e. The van der Waals surface area contributed by atoms with Crippen molar-refractivity contribution in [2.24, 2.45) is 0 Å². The number of aromatic nitrogens is 2. The molecule has 0 aliphatic carbocycles. The minimum atomic E-state index is 0.00390. The van der Waals surface area contributed by atoms with Crippen LogP contribution >= 0.6 is 11.8 Å². The average Bonchev–Trinajstić information content (AvgIpc) is 2.60. The number of carbonyl (C=O) groups is 1. The van der Waals surface area contributed by atoms with Crippen LogP contribution in [0.15, 0.2) is 65.8 Å². The van der Waals surface area contributed by atoms with Gasteiger partial charge in [0.1, 0.15) is 11.6 Å². The van der Waals surface area contributed by atoms with E-state index in [1.54, 1.807) is 0 Å². The second-order valence-corrected chi connectivity index (χ2v) is 6.10. The van der Waals surface area contributed by atoms with E-state index in [-0.39, 0.29) is 11.5 Å². The summed E-state index contributed by atoms with van der Waals surface area (Å²) in [5.74, 6) is 0.826. The number of hydrogen-bond acceptors (Lipinski definition) is 6. The molecule has 3 aromatic rings. The van der Waals surface area contributed by atoms with Crippen LogP contribution in [-0.4, -0.2) is 21.5 Å². The molecule has 3 rings (SSSR count). The Labute approximate surface area is 144 Å². The fraction of sp³-hybridized carbons (Fsp3) is 0.0556. The van der Waals surface area contributed by atoms with Gasteiger partial charge in [0.2, 0.25) is 0 Å². The molecule has 6 heteroatoms. The maximum atomic E-state index is 12.3. The summed E-state index contributed by atoms with van der Waals surface area (Å²) in [7, 11) is 0. The van der Waals surface area contributed by atoms with Crippen molar-refractivity contribution >= 4 is 29.2 Å². The normalized spacial score (nSPS) is 10.5. The molecule has 0 amide bonds. The van der Waals surface area contributed by atoms with Crippen molar-refractivity contribution in [3.05, 3.63) is 66.2 Å². The van der Waals surface area contributed by atoms with Gasteiger partial charge in [-0.25, -0.2) is 9.97 Å². The number of rotatable bonds is 5. The minimum absolute atomic E-state index is 0.00390. The van der Waals surface area contributed by atoms with Gasteiger partial charge >= 0.3 is 0 Å². The van der Waals surface area contributed by atoms with Gasteiger partial charge in [-0.2, -0.15) is 0 Å². The molecule has 0 spiro atoms. The Morgan fingerprint density at radius 2 is 1.46 bits per heavy atom. The topological polar surface area (TPSA) is 94.9 Å². The first-order chi connectivity index (χ1) is 11.6. The van der Waals surface area contributed by atoms with Crippen molar-refractivity contribution in [2.75, 3.05) is 17.2 Å². The predicted molar refractivity (Wildman–Crippen MR) is 97.8 cm³/mol. The van der Waals surface area contributed by atoms with Crippen LogP contribution in [0.4, 0.5) is 11.6 Å². The number of nitrogens with zero attached hydrogens (tertiary/aromatic N) is 2. The van der Waals surface area contributed by atoms with Crippen molar-refractivity contribution < 1.29 is 4.79 Å². The van der Waals surface area contributed by atoms with E-state index in [1.807, 2.05) is 54.6 Å². The zero-order chi connectivity index (χ0) is 16.9. The van der Waals surface area contributed by atoms with E-state index in [0.29, 0.717) is 22.4 Å². The Bertz CT molecular complexity index is 830. The minimum Gasteiger partial charge on any atom is -0.383 e. The second-order valence-electron chi connectivity index (χ2n) is 5.16. The number of anilines is 2. The number of benzene rings is 2. The van der Waals surface area contributed by atoms with Crippen molar-refractivity contribution in [1.29, 1.82) is 0 Å². The van der Waals surface area contributed by atoms with Crippen LogP contribution < -0.4 is 11.5 Å². The zero-order valence-corrected chi connectivity index (χ0v) is 13.7. The van der Waals surface area contributed by atoms with E-state index in [0.717, 1.165) is 11.1 Å². The number of nitrogens with two attached hydrogens (primary N) is 2. The molecule has 0 aliphatic rings. The molecule has 2 aromatic carbocycles. The van der Waals surface area contributed by atoms with E-state index < -0.39 is 0 Å². The molecule has 0 aliphatic heterocycles. The van der Waals surface area contributed by atoms with Crippen LogP contribution in [0.1, 0.15) is 10.4 Å². The maximum Gasteiger partial charge on any atom is 0.191 e. The molecule has 0 fully saturated rings. The number of thioether (sulfide) groups is 1. The van der Waals surface area contributed by atoms with Crippen molar-refractivity contribution in [3.63, 3.8) is 0 Å². The monoisotopic (exact) mass is 336 g/mol. The van der Waals surface area contributed by atoms with Gasteiger partial charge in [-0.05, 0) is 11.1 Å². The first-order valence-corrected chi connectivity index (χ1v) is 8.32. The van der Waals surface area contributed by atoms with Gasteiger partial charge in [0.05, 0.1) is 5.75 Å². The SMILES string of the molecule is Nc1cc(N)nc(SCC(=O)c2ccc(-c3ccccc3)cc2)n1. The summed E-state index contributed by atoms with van der Waals surface area (Å²) in [6.45, 7) is 0. The summed E-state index contributed by atoms with van der Waals surface area (Å²) < 4.78 is 0. The standard InChI is InChI=1S/C18H16N4OS/c19-16-10-17(20)22-18(21-16)24-11-15(23)14-8-6-13(7-9-14)12-4-2-1-3-5-12/h1-10H,11H2,(H4,19,20,21,22). The molecule has 1 aromatic heterocycles. The summed E-state index contributed by atoms with van der Waals surface area (Å²) >= 11 is 1.22. The Morgan fingerprint density at radius 1 is 0.875 bits per heavy atom.